The van der Waals surface area contributed by atoms with E-state index in [9.17, 15) is 4.79 Å². The first-order valence-corrected chi connectivity index (χ1v) is 5.79. The van der Waals surface area contributed by atoms with Gasteiger partial charge in [-0.3, -0.25) is 0 Å². The molecular weight excluding hydrogens is 208 g/mol. The summed E-state index contributed by atoms with van der Waals surface area (Å²) in [6, 6.07) is 6.99. The standard InChI is InChI=1S/C12H14O2S/c1-9(2)7-15-8-10-3-5-11(6-4-10)12(13)14/h3-6H,1,7-8H2,2H3,(H,13,14). The first-order chi connectivity index (χ1) is 7.09. The highest BCUT2D eigenvalue weighted by Gasteiger charge is 2.01. The van der Waals surface area contributed by atoms with Gasteiger partial charge in [0.05, 0.1) is 5.56 Å². The lowest BCUT2D eigenvalue weighted by atomic mass is 10.1. The summed E-state index contributed by atoms with van der Waals surface area (Å²) in [7, 11) is 0. The van der Waals surface area contributed by atoms with E-state index in [1.165, 1.54) is 0 Å². The van der Waals surface area contributed by atoms with E-state index in [1.807, 2.05) is 19.1 Å². The van der Waals surface area contributed by atoms with Crippen LogP contribution in [0, 0.1) is 0 Å². The van der Waals surface area contributed by atoms with Crippen molar-refractivity contribution in [2.45, 2.75) is 12.7 Å². The molecule has 0 radical (unpaired) electrons. The highest BCUT2D eigenvalue weighted by Crippen LogP contribution is 2.15. The van der Waals surface area contributed by atoms with Gasteiger partial charge in [0.2, 0.25) is 0 Å². The maximum absolute atomic E-state index is 10.6. The zero-order valence-corrected chi connectivity index (χ0v) is 9.51. The predicted molar refractivity (Wildman–Crippen MR) is 64.4 cm³/mol. The molecule has 2 nitrogen and oxygen atoms in total. The quantitative estimate of drug-likeness (QED) is 0.777. The molecule has 0 saturated heterocycles. The van der Waals surface area contributed by atoms with Crippen LogP contribution in [0.3, 0.4) is 0 Å². The minimum Gasteiger partial charge on any atom is -0.478 e. The largest absolute Gasteiger partial charge is 0.478 e. The summed E-state index contributed by atoms with van der Waals surface area (Å²) in [5.41, 5.74) is 2.64. The Morgan fingerprint density at radius 3 is 2.47 bits per heavy atom. The molecule has 0 amide bonds. The van der Waals surface area contributed by atoms with Gasteiger partial charge in [-0.1, -0.05) is 24.3 Å². The average molecular weight is 222 g/mol. The lowest BCUT2D eigenvalue weighted by molar-refractivity contribution is 0.0697. The van der Waals surface area contributed by atoms with Crippen molar-refractivity contribution < 1.29 is 9.90 Å². The highest BCUT2D eigenvalue weighted by molar-refractivity contribution is 7.98. The Kier molecular flexibility index (Phi) is 4.43. The van der Waals surface area contributed by atoms with E-state index in [0.717, 1.165) is 22.6 Å². The van der Waals surface area contributed by atoms with Crippen LogP contribution >= 0.6 is 11.8 Å². The van der Waals surface area contributed by atoms with Gasteiger partial charge in [-0.15, -0.1) is 0 Å². The molecule has 0 aliphatic heterocycles. The fraction of sp³-hybridized carbons (Fsp3) is 0.250. The van der Waals surface area contributed by atoms with Crippen molar-refractivity contribution >= 4 is 17.7 Å². The molecule has 1 N–H and O–H groups in total. The van der Waals surface area contributed by atoms with Gasteiger partial charge >= 0.3 is 5.97 Å². The molecule has 0 fully saturated rings. The molecule has 3 heteroatoms. The average Bonchev–Trinajstić information content (AvgIpc) is 2.18. The van der Waals surface area contributed by atoms with Gasteiger partial charge in [-0.2, -0.15) is 11.8 Å². The molecule has 0 bridgehead atoms. The second-order valence-corrected chi connectivity index (χ2v) is 4.44. The fourth-order valence-corrected chi connectivity index (χ4v) is 1.97. The van der Waals surface area contributed by atoms with Crippen molar-refractivity contribution in [1.82, 2.24) is 0 Å². The van der Waals surface area contributed by atoms with Crippen molar-refractivity contribution in [3.8, 4) is 0 Å². The zero-order valence-electron chi connectivity index (χ0n) is 8.69. The number of benzene rings is 1. The van der Waals surface area contributed by atoms with E-state index < -0.39 is 5.97 Å². The van der Waals surface area contributed by atoms with Crippen LogP contribution in [-0.2, 0) is 5.75 Å². The number of rotatable bonds is 5. The third kappa shape index (κ3) is 4.21. The number of thioether (sulfide) groups is 1. The number of hydrogen-bond acceptors (Lipinski definition) is 2. The third-order valence-electron chi connectivity index (χ3n) is 1.82. The van der Waals surface area contributed by atoms with Crippen molar-refractivity contribution in [2.24, 2.45) is 0 Å². The molecule has 0 saturated carbocycles. The molecule has 0 aliphatic rings. The van der Waals surface area contributed by atoms with Crippen molar-refractivity contribution in [3.63, 3.8) is 0 Å². The Labute approximate surface area is 94.0 Å². The van der Waals surface area contributed by atoms with Crippen LogP contribution in [0.2, 0.25) is 0 Å². The molecule has 80 valence electrons. The summed E-state index contributed by atoms with van der Waals surface area (Å²) in [5, 5.41) is 8.71. The molecule has 0 unspecified atom stereocenters. The lowest BCUT2D eigenvalue weighted by Crippen LogP contribution is -1.95. The van der Waals surface area contributed by atoms with Gasteiger partial charge in [-0.25, -0.2) is 4.79 Å². The number of carboxylic acid groups (broad SMARTS) is 1. The van der Waals surface area contributed by atoms with Gasteiger partial charge < -0.3 is 5.11 Å². The Bertz CT molecular complexity index is 354. The topological polar surface area (TPSA) is 37.3 Å². The SMILES string of the molecule is C=C(C)CSCc1ccc(C(=O)O)cc1. The maximum atomic E-state index is 10.6. The molecule has 1 aromatic carbocycles. The van der Waals surface area contributed by atoms with Crippen molar-refractivity contribution in [2.75, 3.05) is 5.75 Å². The zero-order chi connectivity index (χ0) is 11.3. The summed E-state index contributed by atoms with van der Waals surface area (Å²) in [6.45, 7) is 5.83. The van der Waals surface area contributed by atoms with Crippen molar-refractivity contribution in [1.29, 1.82) is 0 Å². The second-order valence-electron chi connectivity index (χ2n) is 3.45. The summed E-state index contributed by atoms with van der Waals surface area (Å²) in [4.78, 5) is 10.6. The molecule has 0 aromatic heterocycles. The van der Waals surface area contributed by atoms with Crippen LogP contribution in [-0.4, -0.2) is 16.8 Å². The summed E-state index contributed by atoms with van der Waals surface area (Å²) in [6.07, 6.45) is 0. The van der Waals surface area contributed by atoms with E-state index in [0.29, 0.717) is 5.56 Å². The Morgan fingerprint density at radius 2 is 2.00 bits per heavy atom. The molecule has 0 spiro atoms. The molecule has 1 rings (SSSR count). The monoisotopic (exact) mass is 222 g/mol. The van der Waals surface area contributed by atoms with Crippen LogP contribution in [0.25, 0.3) is 0 Å². The summed E-state index contributed by atoms with van der Waals surface area (Å²) >= 11 is 1.78. The first kappa shape index (κ1) is 11.9. The van der Waals surface area contributed by atoms with Gasteiger partial charge in [-0.05, 0) is 24.6 Å². The smallest absolute Gasteiger partial charge is 0.335 e. The normalized spacial score (nSPS) is 9.93. The number of carbonyl (C=O) groups is 1. The van der Waals surface area contributed by atoms with Gasteiger partial charge in [0.25, 0.3) is 0 Å². The van der Waals surface area contributed by atoms with Gasteiger partial charge in [0.15, 0.2) is 0 Å². The Hall–Kier alpha value is -1.22. The Balaban J connectivity index is 2.50. The minimum atomic E-state index is -0.879. The van der Waals surface area contributed by atoms with Crippen LogP contribution < -0.4 is 0 Å². The molecular formula is C12H14O2S. The number of aromatic carboxylic acids is 1. The summed E-state index contributed by atoms with van der Waals surface area (Å²) in [5.74, 6) is 0.962. The van der Waals surface area contributed by atoms with Crippen molar-refractivity contribution in [3.05, 3.63) is 47.5 Å². The fourth-order valence-electron chi connectivity index (χ4n) is 1.09. The van der Waals surface area contributed by atoms with E-state index in [1.54, 1.807) is 23.9 Å². The van der Waals surface area contributed by atoms with E-state index in [2.05, 4.69) is 6.58 Å². The molecule has 0 heterocycles. The summed E-state index contributed by atoms with van der Waals surface area (Å²) < 4.78 is 0. The number of carboxylic acids is 1. The Morgan fingerprint density at radius 1 is 1.40 bits per heavy atom. The molecule has 0 atom stereocenters. The van der Waals surface area contributed by atoms with Crippen LogP contribution in [0.1, 0.15) is 22.8 Å². The molecule has 15 heavy (non-hydrogen) atoms. The molecule has 1 aromatic rings. The minimum absolute atomic E-state index is 0.337. The van der Waals surface area contributed by atoms with E-state index in [-0.39, 0.29) is 0 Å². The maximum Gasteiger partial charge on any atom is 0.335 e. The third-order valence-corrected chi connectivity index (χ3v) is 3.05. The van der Waals surface area contributed by atoms with Crippen LogP contribution in [0.4, 0.5) is 0 Å². The van der Waals surface area contributed by atoms with E-state index >= 15 is 0 Å². The van der Waals surface area contributed by atoms with Gasteiger partial charge in [0.1, 0.15) is 0 Å². The predicted octanol–water partition coefficient (Wildman–Crippen LogP) is 3.19. The van der Waals surface area contributed by atoms with Crippen LogP contribution in [0.5, 0.6) is 0 Å². The van der Waals surface area contributed by atoms with Crippen LogP contribution in [0.15, 0.2) is 36.4 Å². The lowest BCUT2D eigenvalue weighted by Gasteiger charge is -2.02. The second kappa shape index (κ2) is 5.61. The first-order valence-electron chi connectivity index (χ1n) is 4.64. The molecule has 0 aliphatic carbocycles. The number of hydrogen-bond donors (Lipinski definition) is 1. The van der Waals surface area contributed by atoms with Gasteiger partial charge in [0, 0.05) is 11.5 Å². The highest BCUT2D eigenvalue weighted by atomic mass is 32.2. The van der Waals surface area contributed by atoms with E-state index in [4.69, 9.17) is 5.11 Å².